The van der Waals surface area contributed by atoms with Gasteiger partial charge in [-0.05, 0) is 119 Å². The quantitative estimate of drug-likeness (QED) is 0.175. The summed E-state index contributed by atoms with van der Waals surface area (Å²) in [7, 11) is 0. The van der Waals surface area contributed by atoms with Crippen molar-refractivity contribution in [2.24, 2.45) is 0 Å². The summed E-state index contributed by atoms with van der Waals surface area (Å²) in [6.07, 6.45) is 0. The lowest BCUT2D eigenvalue weighted by Gasteiger charge is -2.35. The first-order valence-electron chi connectivity index (χ1n) is 18.5. The Morgan fingerprint density at radius 3 is 1.46 bits per heavy atom. The molecule has 1 aliphatic heterocycles. The maximum atomic E-state index is 7.81. The Morgan fingerprint density at radius 2 is 0.981 bits per heavy atom. The van der Waals surface area contributed by atoms with Gasteiger partial charge in [0.05, 0.1) is 27.8 Å². The van der Waals surface area contributed by atoms with Gasteiger partial charge in [0.2, 0.25) is 0 Å². The van der Waals surface area contributed by atoms with Crippen LogP contribution >= 0.6 is 11.6 Å². The van der Waals surface area contributed by atoms with Crippen LogP contribution in [0.4, 0.5) is 34.1 Å². The third kappa shape index (κ3) is 7.41. The molecule has 0 aliphatic carbocycles. The van der Waals surface area contributed by atoms with E-state index in [2.05, 4.69) is 172 Å². The van der Waals surface area contributed by atoms with Crippen molar-refractivity contribution >= 4 is 45.7 Å². The Balaban J connectivity index is 1.63. The van der Waals surface area contributed by atoms with Crippen LogP contribution in [0.25, 0.3) is 0 Å². The summed E-state index contributed by atoms with van der Waals surface area (Å²) in [6.45, 7) is 27.8. The zero-order chi connectivity index (χ0) is 37.7. The zero-order valence-electron chi connectivity index (χ0n) is 33.2. The number of nitrogens with zero attached hydrogens (tertiary/aromatic N) is 2. The predicted octanol–water partition coefficient (Wildman–Crippen LogP) is 13.9. The van der Waals surface area contributed by atoms with Gasteiger partial charge in [-0.15, -0.1) is 0 Å². The molecule has 0 fully saturated rings. The topological polar surface area (TPSA) is 24.9 Å². The molecule has 0 bridgehead atoms. The zero-order valence-corrected chi connectivity index (χ0v) is 33.9. The molecule has 0 saturated heterocycles. The predicted molar refractivity (Wildman–Crippen MR) is 222 cm³/mol. The van der Waals surface area contributed by atoms with Crippen LogP contribution in [0.3, 0.4) is 0 Å². The molecule has 6 rings (SSSR count). The van der Waals surface area contributed by atoms with Crippen molar-refractivity contribution in [1.82, 2.24) is 0 Å². The van der Waals surface area contributed by atoms with E-state index >= 15 is 0 Å². The van der Waals surface area contributed by atoms with Crippen LogP contribution < -0.4 is 19.3 Å². The van der Waals surface area contributed by atoms with Crippen LogP contribution in [0.5, 0.6) is 11.5 Å². The third-order valence-electron chi connectivity index (χ3n) is 10.0. The molecule has 0 atom stereocenters. The van der Waals surface area contributed by atoms with Gasteiger partial charge >= 0.3 is 0 Å². The Hall–Kier alpha value is -4.41. The molecule has 52 heavy (non-hydrogen) atoms. The summed E-state index contributed by atoms with van der Waals surface area (Å²) >= 11 is 7.81. The summed E-state index contributed by atoms with van der Waals surface area (Å²) in [5, 5.41) is 0.637. The summed E-state index contributed by atoms with van der Waals surface area (Å²) in [4.78, 5) is 4.57. The van der Waals surface area contributed by atoms with Gasteiger partial charge in [-0.1, -0.05) is 116 Å². The van der Waals surface area contributed by atoms with Crippen molar-refractivity contribution in [3.63, 3.8) is 0 Å². The highest BCUT2D eigenvalue weighted by atomic mass is 35.5. The highest BCUT2D eigenvalue weighted by molar-refractivity contribution is 6.36. The SMILES string of the molecule is Cc1cc(N(c2ccc(C(C)(C)C)cc2)c2ccc(C(C)(C)C)cc2)c(Cl)c(N(c2cccc3c2OCCO3)c2c(C)cc(C(C)(C)C)cc2C)c1. The van der Waals surface area contributed by atoms with E-state index in [0.717, 1.165) is 62.3 Å². The minimum atomic E-state index is 0.00146. The molecule has 0 saturated carbocycles. The lowest BCUT2D eigenvalue weighted by Crippen LogP contribution is -2.21. The van der Waals surface area contributed by atoms with Gasteiger partial charge in [0.25, 0.3) is 0 Å². The standard InChI is InChI=1S/C47H55ClN2O2/c1-30-26-39(49(36-20-16-33(17-21-36)45(4,5)6)37-22-18-34(19-23-37)46(7,8)9)42(48)40(27-30)50(38-14-13-15-41-44(38)52-25-24-51-41)43-31(2)28-35(29-32(43)3)47(10,11)12/h13-23,26-29H,24-25H2,1-12H3. The Bertz CT molecular complexity index is 2000. The number of halogens is 1. The number of ether oxygens (including phenoxy) is 2. The van der Waals surface area contributed by atoms with E-state index in [4.69, 9.17) is 21.1 Å². The largest absolute Gasteiger partial charge is 0.486 e. The Kier molecular flexibility index (Phi) is 9.95. The molecule has 0 radical (unpaired) electrons. The van der Waals surface area contributed by atoms with Gasteiger partial charge in [0.1, 0.15) is 13.2 Å². The lowest BCUT2D eigenvalue weighted by atomic mass is 9.84. The minimum Gasteiger partial charge on any atom is -0.486 e. The number of hydrogen-bond acceptors (Lipinski definition) is 4. The highest BCUT2D eigenvalue weighted by Crippen LogP contribution is 2.53. The van der Waals surface area contributed by atoms with Crippen molar-refractivity contribution in [3.8, 4) is 11.5 Å². The number of rotatable bonds is 6. The molecule has 1 aliphatic rings. The molecule has 5 aromatic carbocycles. The Labute approximate surface area is 317 Å². The molecule has 0 N–H and O–H groups in total. The number of para-hydroxylation sites is 1. The lowest BCUT2D eigenvalue weighted by molar-refractivity contribution is 0.172. The second kappa shape index (κ2) is 13.9. The minimum absolute atomic E-state index is 0.00146. The van der Waals surface area contributed by atoms with E-state index in [1.54, 1.807) is 0 Å². The van der Waals surface area contributed by atoms with E-state index < -0.39 is 0 Å². The number of hydrogen-bond donors (Lipinski definition) is 0. The summed E-state index contributed by atoms with van der Waals surface area (Å²) in [6, 6.07) is 32.9. The van der Waals surface area contributed by atoms with E-state index in [9.17, 15) is 0 Å². The number of benzene rings is 5. The van der Waals surface area contributed by atoms with Crippen molar-refractivity contribution in [2.45, 2.75) is 99.3 Å². The first-order chi connectivity index (χ1) is 24.3. The van der Waals surface area contributed by atoms with E-state index in [-0.39, 0.29) is 16.2 Å². The number of fused-ring (bicyclic) bond motifs is 1. The first kappa shape index (κ1) is 37.4. The Morgan fingerprint density at radius 1 is 0.519 bits per heavy atom. The average Bonchev–Trinajstić information content (AvgIpc) is 3.07. The molecule has 0 spiro atoms. The summed E-state index contributed by atoms with van der Waals surface area (Å²) < 4.78 is 12.5. The maximum Gasteiger partial charge on any atom is 0.185 e. The molecule has 0 unspecified atom stereocenters. The van der Waals surface area contributed by atoms with Crippen LogP contribution in [-0.4, -0.2) is 13.2 Å². The average molecular weight is 715 g/mol. The molecular weight excluding hydrogens is 660 g/mol. The van der Waals surface area contributed by atoms with Crippen molar-refractivity contribution in [1.29, 1.82) is 0 Å². The van der Waals surface area contributed by atoms with E-state index in [1.807, 2.05) is 12.1 Å². The van der Waals surface area contributed by atoms with E-state index in [1.165, 1.54) is 16.7 Å². The van der Waals surface area contributed by atoms with Gasteiger partial charge in [-0.3, -0.25) is 0 Å². The van der Waals surface area contributed by atoms with Crippen molar-refractivity contribution < 1.29 is 9.47 Å². The maximum absolute atomic E-state index is 7.81. The van der Waals surface area contributed by atoms with Crippen molar-refractivity contribution in [2.75, 3.05) is 23.0 Å². The smallest absolute Gasteiger partial charge is 0.185 e. The molecule has 0 aromatic heterocycles. The van der Waals surface area contributed by atoms with E-state index in [0.29, 0.717) is 18.2 Å². The second-order valence-electron chi connectivity index (χ2n) is 17.4. The van der Waals surface area contributed by atoms with Crippen LogP contribution in [0.2, 0.25) is 5.02 Å². The van der Waals surface area contributed by atoms with Gasteiger partial charge < -0.3 is 19.3 Å². The van der Waals surface area contributed by atoms with Gasteiger partial charge in [-0.2, -0.15) is 0 Å². The van der Waals surface area contributed by atoms with Crippen LogP contribution in [0, 0.1) is 20.8 Å². The molecular formula is C47H55ClN2O2. The van der Waals surface area contributed by atoms with Gasteiger partial charge in [0.15, 0.2) is 11.5 Å². The second-order valence-corrected chi connectivity index (χ2v) is 17.8. The molecule has 5 heteroatoms. The normalized spacial score (nSPS) is 13.2. The molecule has 5 aromatic rings. The monoisotopic (exact) mass is 714 g/mol. The first-order valence-corrected chi connectivity index (χ1v) is 18.8. The number of aryl methyl sites for hydroxylation is 3. The molecule has 272 valence electrons. The number of anilines is 6. The fourth-order valence-corrected chi connectivity index (χ4v) is 7.33. The van der Waals surface area contributed by atoms with Gasteiger partial charge in [0, 0.05) is 11.4 Å². The van der Waals surface area contributed by atoms with Crippen LogP contribution in [0.1, 0.15) is 95.7 Å². The third-order valence-corrected chi connectivity index (χ3v) is 10.4. The molecule has 4 nitrogen and oxygen atoms in total. The summed E-state index contributed by atoms with van der Waals surface area (Å²) in [5.74, 6) is 1.46. The van der Waals surface area contributed by atoms with Gasteiger partial charge in [-0.25, -0.2) is 0 Å². The van der Waals surface area contributed by atoms with Crippen LogP contribution in [-0.2, 0) is 16.2 Å². The molecule has 0 amide bonds. The fourth-order valence-electron chi connectivity index (χ4n) is 7.05. The fraction of sp³-hybridized carbons (Fsp3) is 0.362. The highest BCUT2D eigenvalue weighted by Gasteiger charge is 2.30. The molecule has 1 heterocycles. The summed E-state index contributed by atoms with van der Waals surface area (Å²) in [5.41, 5.74) is 13.1. The van der Waals surface area contributed by atoms with Crippen LogP contribution in [0.15, 0.2) is 91.0 Å². The van der Waals surface area contributed by atoms with Crippen molar-refractivity contribution in [3.05, 3.63) is 129 Å².